The highest BCUT2D eigenvalue weighted by molar-refractivity contribution is 5.07. The third kappa shape index (κ3) is 4.51. The van der Waals surface area contributed by atoms with E-state index in [9.17, 15) is 0 Å². The van der Waals surface area contributed by atoms with Gasteiger partial charge in [-0.2, -0.15) is 0 Å². The maximum Gasteiger partial charge on any atom is 0.130 e. The Bertz CT molecular complexity index is 477. The van der Waals surface area contributed by atoms with Crippen LogP contribution in [0.3, 0.4) is 0 Å². The van der Waals surface area contributed by atoms with Crippen molar-refractivity contribution < 1.29 is 0 Å². The number of piperidine rings is 2. The Labute approximate surface area is 141 Å². The van der Waals surface area contributed by atoms with E-state index < -0.39 is 0 Å². The zero-order valence-corrected chi connectivity index (χ0v) is 15.0. The molecule has 1 unspecified atom stereocenters. The van der Waals surface area contributed by atoms with Gasteiger partial charge in [0.25, 0.3) is 0 Å². The third-order valence-corrected chi connectivity index (χ3v) is 5.41. The summed E-state index contributed by atoms with van der Waals surface area (Å²) in [6.45, 7) is 12.7. The van der Waals surface area contributed by atoms with Crippen LogP contribution in [-0.4, -0.2) is 52.0 Å². The van der Waals surface area contributed by atoms with Crippen LogP contribution in [-0.2, 0) is 6.54 Å². The highest BCUT2D eigenvalue weighted by atomic mass is 15.2. The molecule has 2 saturated heterocycles. The average molecular weight is 316 g/mol. The first-order chi connectivity index (χ1) is 11.1. The summed E-state index contributed by atoms with van der Waals surface area (Å²) in [5.74, 6) is 2.25. The van der Waals surface area contributed by atoms with Gasteiger partial charge in [0.05, 0.1) is 0 Å². The first kappa shape index (κ1) is 16.8. The van der Waals surface area contributed by atoms with Crippen molar-refractivity contribution in [1.82, 2.24) is 19.8 Å². The number of rotatable bonds is 4. The van der Waals surface area contributed by atoms with Crippen LogP contribution in [0.5, 0.6) is 0 Å². The van der Waals surface area contributed by atoms with Gasteiger partial charge in [-0.3, -0.25) is 4.90 Å². The molecule has 2 aliphatic heterocycles. The maximum atomic E-state index is 4.49. The minimum absolute atomic E-state index is 0.409. The molecule has 0 radical (unpaired) electrons. The molecular formula is C19H32N4. The van der Waals surface area contributed by atoms with Crippen molar-refractivity contribution in [3.8, 4) is 0 Å². The van der Waals surface area contributed by atoms with Crippen molar-refractivity contribution in [1.29, 1.82) is 0 Å². The van der Waals surface area contributed by atoms with Crippen LogP contribution in [0.25, 0.3) is 0 Å². The Morgan fingerprint density at radius 1 is 1.09 bits per heavy atom. The molecule has 0 bridgehead atoms. The molecule has 0 saturated carbocycles. The van der Waals surface area contributed by atoms with Crippen LogP contribution in [0, 0.1) is 5.92 Å². The summed E-state index contributed by atoms with van der Waals surface area (Å²) < 4.78 is 0. The molecule has 4 heteroatoms. The van der Waals surface area contributed by atoms with E-state index in [1.807, 2.05) is 12.4 Å². The molecule has 23 heavy (non-hydrogen) atoms. The van der Waals surface area contributed by atoms with Gasteiger partial charge < -0.3 is 4.90 Å². The van der Waals surface area contributed by atoms with Crippen molar-refractivity contribution in [2.75, 3.05) is 26.2 Å². The van der Waals surface area contributed by atoms with Crippen LogP contribution < -0.4 is 0 Å². The van der Waals surface area contributed by atoms with Gasteiger partial charge in [0.1, 0.15) is 5.82 Å². The molecule has 0 spiro atoms. The van der Waals surface area contributed by atoms with Gasteiger partial charge in [-0.15, -0.1) is 0 Å². The first-order valence-electron chi connectivity index (χ1n) is 9.39. The van der Waals surface area contributed by atoms with E-state index in [1.165, 1.54) is 57.4 Å². The van der Waals surface area contributed by atoms with Crippen molar-refractivity contribution in [2.45, 2.75) is 65.0 Å². The third-order valence-electron chi connectivity index (χ3n) is 5.41. The predicted molar refractivity (Wildman–Crippen MR) is 94.4 cm³/mol. The number of aromatic nitrogens is 2. The van der Waals surface area contributed by atoms with Gasteiger partial charge in [-0.25, -0.2) is 9.97 Å². The second-order valence-corrected chi connectivity index (χ2v) is 7.85. The molecule has 128 valence electrons. The molecule has 0 amide bonds. The van der Waals surface area contributed by atoms with E-state index in [2.05, 4.69) is 40.5 Å². The molecule has 0 N–H and O–H groups in total. The Kier molecular flexibility index (Phi) is 5.65. The predicted octanol–water partition coefficient (Wildman–Crippen LogP) is 3.30. The minimum Gasteiger partial charge on any atom is -0.300 e. The lowest BCUT2D eigenvalue weighted by Crippen LogP contribution is -2.47. The van der Waals surface area contributed by atoms with E-state index in [0.717, 1.165) is 24.3 Å². The van der Waals surface area contributed by atoms with E-state index in [1.54, 1.807) is 0 Å². The standard InChI is InChI=1S/C19H32N4/c1-15(2)19-20-11-17(12-21-19)14-22-9-6-18(7-10-22)23-8-4-5-16(3)13-23/h11-12,15-16,18H,4-10,13-14H2,1-3H3. The second-order valence-electron chi connectivity index (χ2n) is 7.85. The van der Waals surface area contributed by atoms with E-state index >= 15 is 0 Å². The fraction of sp³-hybridized carbons (Fsp3) is 0.789. The van der Waals surface area contributed by atoms with Crippen LogP contribution in [0.2, 0.25) is 0 Å². The number of nitrogens with zero attached hydrogens (tertiary/aromatic N) is 4. The molecule has 3 heterocycles. The smallest absolute Gasteiger partial charge is 0.130 e. The SMILES string of the molecule is CC1CCCN(C2CCN(Cc3cnc(C(C)C)nc3)CC2)C1. The van der Waals surface area contributed by atoms with Gasteiger partial charge in [0, 0.05) is 43.0 Å². The fourth-order valence-corrected chi connectivity index (χ4v) is 4.00. The van der Waals surface area contributed by atoms with Crippen molar-refractivity contribution in [2.24, 2.45) is 5.92 Å². The molecule has 2 fully saturated rings. The largest absolute Gasteiger partial charge is 0.300 e. The number of likely N-dealkylation sites (tertiary alicyclic amines) is 2. The van der Waals surface area contributed by atoms with Gasteiger partial charge in [0.2, 0.25) is 0 Å². The Hall–Kier alpha value is -1.00. The maximum absolute atomic E-state index is 4.49. The Balaban J connectivity index is 1.47. The lowest BCUT2D eigenvalue weighted by molar-refractivity contribution is 0.0728. The average Bonchev–Trinajstić information content (AvgIpc) is 2.56. The highest BCUT2D eigenvalue weighted by Crippen LogP contribution is 2.24. The number of hydrogen-bond donors (Lipinski definition) is 0. The van der Waals surface area contributed by atoms with Crippen molar-refractivity contribution >= 4 is 0 Å². The van der Waals surface area contributed by atoms with Crippen LogP contribution in [0.1, 0.15) is 63.8 Å². The van der Waals surface area contributed by atoms with E-state index in [4.69, 9.17) is 0 Å². The normalized spacial score (nSPS) is 25.1. The van der Waals surface area contributed by atoms with Gasteiger partial charge in [0.15, 0.2) is 0 Å². The molecule has 0 aliphatic carbocycles. The summed E-state index contributed by atoms with van der Waals surface area (Å²) in [6.07, 6.45) is 9.47. The van der Waals surface area contributed by atoms with Gasteiger partial charge in [-0.1, -0.05) is 20.8 Å². The minimum atomic E-state index is 0.409. The number of hydrogen-bond acceptors (Lipinski definition) is 4. The van der Waals surface area contributed by atoms with Crippen LogP contribution in [0.15, 0.2) is 12.4 Å². The molecule has 0 aromatic carbocycles. The molecule has 2 aliphatic rings. The van der Waals surface area contributed by atoms with E-state index in [-0.39, 0.29) is 0 Å². The molecule has 1 aromatic heterocycles. The quantitative estimate of drug-likeness (QED) is 0.853. The Morgan fingerprint density at radius 3 is 2.39 bits per heavy atom. The topological polar surface area (TPSA) is 32.3 Å². The molecule has 4 nitrogen and oxygen atoms in total. The summed E-state index contributed by atoms with van der Waals surface area (Å²) in [7, 11) is 0. The van der Waals surface area contributed by atoms with Crippen LogP contribution in [0.4, 0.5) is 0 Å². The molecule has 1 atom stereocenters. The molecule has 1 aromatic rings. The zero-order valence-electron chi connectivity index (χ0n) is 15.0. The zero-order chi connectivity index (χ0) is 16.2. The summed E-state index contributed by atoms with van der Waals surface area (Å²) in [6, 6.07) is 0.813. The molecular weight excluding hydrogens is 284 g/mol. The fourth-order valence-electron chi connectivity index (χ4n) is 4.00. The van der Waals surface area contributed by atoms with Gasteiger partial charge in [-0.05, 0) is 51.2 Å². The monoisotopic (exact) mass is 316 g/mol. The summed E-state index contributed by atoms with van der Waals surface area (Å²) >= 11 is 0. The highest BCUT2D eigenvalue weighted by Gasteiger charge is 2.27. The lowest BCUT2D eigenvalue weighted by atomic mass is 9.95. The van der Waals surface area contributed by atoms with Crippen LogP contribution >= 0.6 is 0 Å². The van der Waals surface area contributed by atoms with Gasteiger partial charge >= 0.3 is 0 Å². The summed E-state index contributed by atoms with van der Waals surface area (Å²) in [5.41, 5.74) is 1.25. The molecule has 3 rings (SSSR count). The lowest BCUT2D eigenvalue weighted by Gasteiger charge is -2.41. The first-order valence-corrected chi connectivity index (χ1v) is 9.39. The summed E-state index contributed by atoms with van der Waals surface area (Å²) in [5, 5.41) is 0. The van der Waals surface area contributed by atoms with E-state index in [0.29, 0.717) is 5.92 Å². The van der Waals surface area contributed by atoms with Crippen molar-refractivity contribution in [3.05, 3.63) is 23.8 Å². The Morgan fingerprint density at radius 2 is 1.78 bits per heavy atom. The second kappa shape index (κ2) is 7.71. The van der Waals surface area contributed by atoms with Crippen molar-refractivity contribution in [3.63, 3.8) is 0 Å². The summed E-state index contributed by atoms with van der Waals surface area (Å²) in [4.78, 5) is 14.3.